The normalized spacial score (nSPS) is 32.4. The zero-order chi connectivity index (χ0) is 14.8. The number of nitrogens with one attached hydrogen (secondary N) is 1. The summed E-state index contributed by atoms with van der Waals surface area (Å²) in [7, 11) is 0. The standard InChI is InChI=1S/C17H34N2O/c1-13(2)16-7-6-10-19(16)12-15-9-8-14(20-15)11-18-17(3,4)5/h13-16,18H,6-12H2,1-5H3. The van der Waals surface area contributed by atoms with Gasteiger partial charge in [-0.3, -0.25) is 4.90 Å². The Balaban J connectivity index is 1.73. The Hall–Kier alpha value is -0.120. The van der Waals surface area contributed by atoms with Gasteiger partial charge in [0.25, 0.3) is 0 Å². The van der Waals surface area contributed by atoms with Crippen LogP contribution in [0.25, 0.3) is 0 Å². The summed E-state index contributed by atoms with van der Waals surface area (Å²) in [4.78, 5) is 2.68. The molecule has 0 radical (unpaired) electrons. The van der Waals surface area contributed by atoms with Crippen LogP contribution in [-0.4, -0.2) is 48.3 Å². The number of rotatable bonds is 5. The number of nitrogens with zero attached hydrogens (tertiary/aromatic N) is 1. The lowest BCUT2D eigenvalue weighted by Crippen LogP contribution is -2.42. The Labute approximate surface area is 125 Å². The third-order valence-electron chi connectivity index (χ3n) is 4.68. The van der Waals surface area contributed by atoms with E-state index in [1.165, 1.54) is 32.2 Å². The highest BCUT2D eigenvalue weighted by atomic mass is 16.5. The third kappa shape index (κ3) is 4.71. The van der Waals surface area contributed by atoms with Crippen molar-refractivity contribution in [1.82, 2.24) is 10.2 Å². The van der Waals surface area contributed by atoms with Gasteiger partial charge in [-0.2, -0.15) is 0 Å². The molecule has 0 aromatic carbocycles. The van der Waals surface area contributed by atoms with E-state index in [0.29, 0.717) is 12.2 Å². The van der Waals surface area contributed by atoms with Crippen LogP contribution in [-0.2, 0) is 4.74 Å². The molecule has 1 N–H and O–H groups in total. The number of hydrogen-bond acceptors (Lipinski definition) is 3. The highest BCUT2D eigenvalue weighted by molar-refractivity contribution is 4.86. The van der Waals surface area contributed by atoms with Crippen molar-refractivity contribution in [2.45, 2.75) is 84.1 Å². The molecule has 3 unspecified atom stereocenters. The summed E-state index contributed by atoms with van der Waals surface area (Å²) in [6, 6.07) is 0.783. The second-order valence-corrected chi connectivity index (χ2v) is 8.04. The fourth-order valence-corrected chi connectivity index (χ4v) is 3.58. The molecule has 0 aromatic heterocycles. The summed E-state index contributed by atoms with van der Waals surface area (Å²) >= 11 is 0. The van der Waals surface area contributed by atoms with Gasteiger partial charge in [0.1, 0.15) is 0 Å². The molecule has 0 spiro atoms. The van der Waals surface area contributed by atoms with Gasteiger partial charge < -0.3 is 10.1 Å². The molecular formula is C17H34N2O. The average molecular weight is 282 g/mol. The molecule has 0 amide bonds. The fourth-order valence-electron chi connectivity index (χ4n) is 3.58. The van der Waals surface area contributed by atoms with Gasteiger partial charge in [0.05, 0.1) is 12.2 Å². The van der Waals surface area contributed by atoms with Crippen molar-refractivity contribution in [3.8, 4) is 0 Å². The van der Waals surface area contributed by atoms with Gasteiger partial charge in [0.15, 0.2) is 0 Å². The molecule has 3 nitrogen and oxygen atoms in total. The SMILES string of the molecule is CC(C)C1CCCN1CC1CCC(CNC(C)(C)C)O1. The summed E-state index contributed by atoms with van der Waals surface area (Å²) in [5, 5.41) is 3.57. The number of likely N-dealkylation sites (tertiary alicyclic amines) is 1. The van der Waals surface area contributed by atoms with Crippen LogP contribution in [0.3, 0.4) is 0 Å². The van der Waals surface area contributed by atoms with Gasteiger partial charge in [-0.25, -0.2) is 0 Å². The molecule has 0 aliphatic carbocycles. The molecule has 2 aliphatic rings. The maximum atomic E-state index is 6.24. The molecule has 2 saturated heterocycles. The lowest BCUT2D eigenvalue weighted by atomic mass is 10.0. The van der Waals surface area contributed by atoms with Crippen LogP contribution in [0, 0.1) is 5.92 Å². The highest BCUT2D eigenvalue weighted by Crippen LogP contribution is 2.27. The monoisotopic (exact) mass is 282 g/mol. The van der Waals surface area contributed by atoms with Crippen LogP contribution in [0.4, 0.5) is 0 Å². The first kappa shape index (κ1) is 16.3. The molecule has 0 saturated carbocycles. The van der Waals surface area contributed by atoms with E-state index in [9.17, 15) is 0 Å². The van der Waals surface area contributed by atoms with E-state index in [1.54, 1.807) is 0 Å². The molecule has 118 valence electrons. The Bertz CT molecular complexity index is 298. The topological polar surface area (TPSA) is 24.5 Å². The van der Waals surface area contributed by atoms with Crippen LogP contribution in [0.5, 0.6) is 0 Å². The fraction of sp³-hybridized carbons (Fsp3) is 1.00. The van der Waals surface area contributed by atoms with Gasteiger partial charge >= 0.3 is 0 Å². The van der Waals surface area contributed by atoms with E-state index >= 15 is 0 Å². The van der Waals surface area contributed by atoms with E-state index < -0.39 is 0 Å². The minimum atomic E-state index is 0.194. The first-order valence-corrected chi connectivity index (χ1v) is 8.49. The van der Waals surface area contributed by atoms with Crippen molar-refractivity contribution >= 4 is 0 Å². The zero-order valence-corrected chi connectivity index (χ0v) is 14.1. The summed E-state index contributed by atoms with van der Waals surface area (Å²) in [6.07, 6.45) is 6.07. The second-order valence-electron chi connectivity index (χ2n) is 8.04. The van der Waals surface area contributed by atoms with Gasteiger partial charge in [-0.15, -0.1) is 0 Å². The largest absolute Gasteiger partial charge is 0.372 e. The van der Waals surface area contributed by atoms with Crippen molar-refractivity contribution in [3.05, 3.63) is 0 Å². The predicted octanol–water partition coefficient (Wildman–Crippen LogP) is 3.04. The van der Waals surface area contributed by atoms with Gasteiger partial charge in [0.2, 0.25) is 0 Å². The van der Waals surface area contributed by atoms with Crippen molar-refractivity contribution in [2.75, 3.05) is 19.6 Å². The third-order valence-corrected chi connectivity index (χ3v) is 4.68. The van der Waals surface area contributed by atoms with Crippen molar-refractivity contribution < 1.29 is 4.74 Å². The first-order valence-electron chi connectivity index (χ1n) is 8.49. The van der Waals surface area contributed by atoms with E-state index in [-0.39, 0.29) is 5.54 Å². The zero-order valence-electron chi connectivity index (χ0n) is 14.1. The molecule has 2 aliphatic heterocycles. The average Bonchev–Trinajstić information content (AvgIpc) is 2.95. The summed E-state index contributed by atoms with van der Waals surface area (Å²) < 4.78 is 6.24. The molecule has 2 fully saturated rings. The minimum absolute atomic E-state index is 0.194. The summed E-state index contributed by atoms with van der Waals surface area (Å²) in [5.74, 6) is 0.775. The molecule has 3 atom stereocenters. The highest BCUT2D eigenvalue weighted by Gasteiger charge is 2.32. The van der Waals surface area contributed by atoms with E-state index in [4.69, 9.17) is 4.74 Å². The van der Waals surface area contributed by atoms with Gasteiger partial charge in [-0.05, 0) is 58.9 Å². The number of hydrogen-bond donors (Lipinski definition) is 1. The molecule has 20 heavy (non-hydrogen) atoms. The minimum Gasteiger partial charge on any atom is -0.372 e. The Kier molecular flexibility index (Phi) is 5.49. The first-order chi connectivity index (χ1) is 9.35. The summed E-state index contributed by atoms with van der Waals surface area (Å²) in [6.45, 7) is 14.8. The lowest BCUT2D eigenvalue weighted by Gasteiger charge is -2.30. The maximum Gasteiger partial charge on any atom is 0.0707 e. The molecular weight excluding hydrogens is 248 g/mol. The van der Waals surface area contributed by atoms with Gasteiger partial charge in [0, 0.05) is 24.7 Å². The van der Waals surface area contributed by atoms with Crippen molar-refractivity contribution in [2.24, 2.45) is 5.92 Å². The van der Waals surface area contributed by atoms with Crippen molar-refractivity contribution in [1.29, 1.82) is 0 Å². The van der Waals surface area contributed by atoms with Crippen LogP contribution >= 0.6 is 0 Å². The number of ether oxygens (including phenoxy) is 1. The van der Waals surface area contributed by atoms with Gasteiger partial charge in [-0.1, -0.05) is 13.8 Å². The van der Waals surface area contributed by atoms with Crippen LogP contribution < -0.4 is 5.32 Å². The van der Waals surface area contributed by atoms with E-state index in [1.807, 2.05) is 0 Å². The lowest BCUT2D eigenvalue weighted by molar-refractivity contribution is 0.0151. The van der Waals surface area contributed by atoms with Crippen LogP contribution in [0.1, 0.15) is 60.3 Å². The molecule has 2 heterocycles. The van der Waals surface area contributed by atoms with Crippen molar-refractivity contribution in [3.63, 3.8) is 0 Å². The molecule has 2 rings (SSSR count). The Morgan fingerprint density at radius 3 is 2.50 bits per heavy atom. The smallest absolute Gasteiger partial charge is 0.0707 e. The molecule has 0 bridgehead atoms. The molecule has 0 aromatic rings. The van der Waals surface area contributed by atoms with E-state index in [2.05, 4.69) is 44.8 Å². The molecule has 3 heteroatoms. The van der Waals surface area contributed by atoms with Crippen LogP contribution in [0.2, 0.25) is 0 Å². The quantitative estimate of drug-likeness (QED) is 0.839. The second kappa shape index (κ2) is 6.76. The van der Waals surface area contributed by atoms with E-state index in [0.717, 1.165) is 25.0 Å². The Morgan fingerprint density at radius 2 is 1.85 bits per heavy atom. The summed E-state index contributed by atoms with van der Waals surface area (Å²) in [5.41, 5.74) is 0.194. The predicted molar refractivity (Wildman–Crippen MR) is 85.1 cm³/mol. The Morgan fingerprint density at radius 1 is 1.15 bits per heavy atom. The van der Waals surface area contributed by atoms with Crippen LogP contribution in [0.15, 0.2) is 0 Å². The maximum absolute atomic E-state index is 6.24.